The first-order valence-corrected chi connectivity index (χ1v) is 5.80. The van der Waals surface area contributed by atoms with Gasteiger partial charge in [-0.15, -0.1) is 0 Å². The van der Waals surface area contributed by atoms with E-state index in [1.807, 2.05) is 0 Å². The highest BCUT2D eigenvalue weighted by Gasteiger charge is 2.05. The van der Waals surface area contributed by atoms with E-state index in [1.165, 1.54) is 6.07 Å². The average molecular weight is 228 g/mol. The number of hydrogen-bond acceptors (Lipinski definition) is 2. The average Bonchev–Trinajstić information content (AvgIpc) is 2.24. The van der Waals surface area contributed by atoms with Gasteiger partial charge in [0.2, 0.25) is 0 Å². The molecule has 1 unspecified atom stereocenters. The van der Waals surface area contributed by atoms with E-state index in [1.54, 1.807) is 19.1 Å². The highest BCUT2D eigenvalue weighted by Crippen LogP contribution is 2.17. The van der Waals surface area contributed by atoms with E-state index in [-0.39, 0.29) is 5.82 Å². The highest BCUT2D eigenvalue weighted by atomic mass is 32.1. The van der Waals surface area contributed by atoms with Gasteiger partial charge in [0.05, 0.1) is 6.61 Å². The van der Waals surface area contributed by atoms with E-state index in [4.69, 9.17) is 4.74 Å². The van der Waals surface area contributed by atoms with Crippen LogP contribution >= 0.6 is 12.6 Å². The summed E-state index contributed by atoms with van der Waals surface area (Å²) in [4.78, 5) is 0. The maximum absolute atomic E-state index is 13.0. The third-order valence-electron chi connectivity index (χ3n) is 2.45. The van der Waals surface area contributed by atoms with Crippen molar-refractivity contribution in [1.82, 2.24) is 0 Å². The summed E-state index contributed by atoms with van der Waals surface area (Å²) in [7, 11) is 0. The zero-order valence-corrected chi connectivity index (χ0v) is 10.1. The van der Waals surface area contributed by atoms with E-state index >= 15 is 0 Å². The Labute approximate surface area is 96.1 Å². The Morgan fingerprint density at radius 2 is 2.20 bits per heavy atom. The lowest BCUT2D eigenvalue weighted by Gasteiger charge is -2.13. The number of aryl methyl sites for hydroxylation is 1. The molecule has 1 rings (SSSR count). The van der Waals surface area contributed by atoms with Crippen molar-refractivity contribution in [1.29, 1.82) is 0 Å². The molecule has 0 spiro atoms. The monoisotopic (exact) mass is 228 g/mol. The lowest BCUT2D eigenvalue weighted by molar-refractivity contribution is 0.259. The molecule has 0 radical (unpaired) electrons. The Morgan fingerprint density at radius 3 is 2.73 bits per heavy atom. The number of ether oxygens (including phenoxy) is 1. The van der Waals surface area contributed by atoms with E-state index in [2.05, 4.69) is 19.6 Å². The third kappa shape index (κ3) is 3.74. The first kappa shape index (κ1) is 12.4. The number of benzene rings is 1. The second-order valence-electron chi connectivity index (χ2n) is 3.68. The summed E-state index contributed by atoms with van der Waals surface area (Å²) >= 11 is 4.24. The Balaban J connectivity index is 2.54. The topological polar surface area (TPSA) is 9.23 Å². The molecule has 0 saturated heterocycles. The molecular weight excluding hydrogens is 211 g/mol. The lowest BCUT2D eigenvalue weighted by atomic mass is 10.1. The summed E-state index contributed by atoms with van der Waals surface area (Å²) in [5.41, 5.74) is 0.617. The summed E-state index contributed by atoms with van der Waals surface area (Å²) in [6, 6.07) is 4.82. The molecule has 0 aliphatic rings. The van der Waals surface area contributed by atoms with Crippen molar-refractivity contribution in [2.45, 2.75) is 20.3 Å². The molecule has 1 aromatic rings. The number of halogens is 1. The van der Waals surface area contributed by atoms with Crippen molar-refractivity contribution in [3.8, 4) is 5.75 Å². The summed E-state index contributed by atoms with van der Waals surface area (Å²) in [5, 5.41) is 0. The summed E-state index contributed by atoms with van der Waals surface area (Å²) in [6.45, 7) is 4.49. The molecule has 1 nitrogen and oxygen atoms in total. The predicted octanol–water partition coefficient (Wildman–Crippen LogP) is 3.47. The number of hydrogen-bond donors (Lipinski definition) is 1. The largest absolute Gasteiger partial charge is 0.493 e. The standard InChI is InChI=1S/C12H17FOS/c1-3-10(8-15)7-14-11-4-5-12(13)9(2)6-11/h4-6,10,15H,3,7-8H2,1-2H3. The first-order valence-electron chi connectivity index (χ1n) is 5.17. The number of thiol groups is 1. The maximum Gasteiger partial charge on any atom is 0.126 e. The van der Waals surface area contributed by atoms with Crippen LogP contribution in [0.25, 0.3) is 0 Å². The van der Waals surface area contributed by atoms with Crippen LogP contribution in [-0.4, -0.2) is 12.4 Å². The SMILES string of the molecule is CCC(CS)COc1ccc(F)c(C)c1. The van der Waals surface area contributed by atoms with Gasteiger partial charge in [-0.25, -0.2) is 4.39 Å². The van der Waals surface area contributed by atoms with Crippen molar-refractivity contribution in [3.05, 3.63) is 29.6 Å². The van der Waals surface area contributed by atoms with Gasteiger partial charge in [0.15, 0.2) is 0 Å². The minimum Gasteiger partial charge on any atom is -0.493 e. The van der Waals surface area contributed by atoms with Gasteiger partial charge in [0.1, 0.15) is 11.6 Å². The fourth-order valence-corrected chi connectivity index (χ4v) is 1.58. The molecule has 0 heterocycles. The Hall–Kier alpha value is -0.700. The van der Waals surface area contributed by atoms with Gasteiger partial charge >= 0.3 is 0 Å². The fourth-order valence-electron chi connectivity index (χ4n) is 1.22. The summed E-state index contributed by atoms with van der Waals surface area (Å²) < 4.78 is 18.5. The summed E-state index contributed by atoms with van der Waals surface area (Å²) in [6.07, 6.45) is 1.05. The van der Waals surface area contributed by atoms with Gasteiger partial charge in [-0.3, -0.25) is 0 Å². The molecule has 0 aliphatic carbocycles. The van der Waals surface area contributed by atoms with Gasteiger partial charge in [0, 0.05) is 5.92 Å². The fraction of sp³-hybridized carbons (Fsp3) is 0.500. The van der Waals surface area contributed by atoms with Gasteiger partial charge < -0.3 is 4.74 Å². The van der Waals surface area contributed by atoms with Gasteiger partial charge in [-0.1, -0.05) is 6.92 Å². The van der Waals surface area contributed by atoms with Gasteiger partial charge in [-0.05, 0) is 42.9 Å². The van der Waals surface area contributed by atoms with E-state index in [0.717, 1.165) is 17.9 Å². The molecule has 0 N–H and O–H groups in total. The molecule has 0 aromatic heterocycles. The Morgan fingerprint density at radius 1 is 1.47 bits per heavy atom. The minimum atomic E-state index is -0.191. The molecule has 3 heteroatoms. The molecular formula is C12H17FOS. The predicted molar refractivity (Wildman–Crippen MR) is 64.3 cm³/mol. The van der Waals surface area contributed by atoms with Crippen LogP contribution in [-0.2, 0) is 0 Å². The molecule has 0 bridgehead atoms. The van der Waals surface area contributed by atoms with Crippen molar-refractivity contribution in [2.75, 3.05) is 12.4 Å². The van der Waals surface area contributed by atoms with Gasteiger partial charge in [-0.2, -0.15) is 12.6 Å². The molecule has 84 valence electrons. The van der Waals surface area contributed by atoms with Crippen molar-refractivity contribution >= 4 is 12.6 Å². The molecule has 15 heavy (non-hydrogen) atoms. The van der Waals surface area contributed by atoms with Crippen LogP contribution in [0.15, 0.2) is 18.2 Å². The zero-order valence-electron chi connectivity index (χ0n) is 9.16. The van der Waals surface area contributed by atoms with Crippen LogP contribution in [0.5, 0.6) is 5.75 Å². The van der Waals surface area contributed by atoms with Crippen LogP contribution in [0.4, 0.5) is 4.39 Å². The second-order valence-corrected chi connectivity index (χ2v) is 4.04. The second kappa shape index (κ2) is 6.01. The van der Waals surface area contributed by atoms with Crippen molar-refractivity contribution < 1.29 is 9.13 Å². The van der Waals surface area contributed by atoms with Crippen LogP contribution in [0.2, 0.25) is 0 Å². The normalized spacial score (nSPS) is 12.5. The zero-order chi connectivity index (χ0) is 11.3. The van der Waals surface area contributed by atoms with Gasteiger partial charge in [0.25, 0.3) is 0 Å². The third-order valence-corrected chi connectivity index (χ3v) is 2.97. The van der Waals surface area contributed by atoms with Crippen LogP contribution in [0.1, 0.15) is 18.9 Å². The molecule has 0 fully saturated rings. The van der Waals surface area contributed by atoms with Crippen molar-refractivity contribution in [2.24, 2.45) is 5.92 Å². The quantitative estimate of drug-likeness (QED) is 0.759. The Kier molecular flexibility index (Phi) is 4.95. The van der Waals surface area contributed by atoms with Crippen LogP contribution < -0.4 is 4.74 Å². The van der Waals surface area contributed by atoms with E-state index in [9.17, 15) is 4.39 Å². The molecule has 1 atom stereocenters. The lowest BCUT2D eigenvalue weighted by Crippen LogP contribution is -2.12. The Bertz CT molecular complexity index is 310. The molecule has 1 aromatic carbocycles. The molecule has 0 saturated carbocycles. The van der Waals surface area contributed by atoms with Crippen LogP contribution in [0, 0.1) is 18.7 Å². The molecule has 0 amide bonds. The highest BCUT2D eigenvalue weighted by molar-refractivity contribution is 7.80. The van der Waals surface area contributed by atoms with Crippen molar-refractivity contribution in [3.63, 3.8) is 0 Å². The van der Waals surface area contributed by atoms with E-state index < -0.39 is 0 Å². The van der Waals surface area contributed by atoms with Crippen LogP contribution in [0.3, 0.4) is 0 Å². The summed E-state index contributed by atoms with van der Waals surface area (Å²) in [5.74, 6) is 1.81. The molecule has 0 aliphatic heterocycles. The van der Waals surface area contributed by atoms with E-state index in [0.29, 0.717) is 18.1 Å². The number of rotatable bonds is 5. The maximum atomic E-state index is 13.0. The first-order chi connectivity index (χ1) is 7.17. The minimum absolute atomic E-state index is 0.191. The smallest absolute Gasteiger partial charge is 0.126 e.